The van der Waals surface area contributed by atoms with E-state index < -0.39 is 5.97 Å². The van der Waals surface area contributed by atoms with Crippen molar-refractivity contribution in [3.63, 3.8) is 0 Å². The van der Waals surface area contributed by atoms with E-state index in [1.807, 2.05) is 54.6 Å². The van der Waals surface area contributed by atoms with E-state index in [4.69, 9.17) is 14.2 Å². The minimum Gasteiger partial charge on any atom is -0.489 e. The number of methoxy groups -OCH3 is 1. The first-order chi connectivity index (χ1) is 15.6. The molecule has 1 saturated heterocycles. The van der Waals surface area contributed by atoms with Crippen LogP contribution in [0, 0.1) is 0 Å². The maximum atomic E-state index is 13.2. The van der Waals surface area contributed by atoms with Crippen LogP contribution >= 0.6 is 0 Å². The fourth-order valence-electron chi connectivity index (χ4n) is 4.01. The van der Waals surface area contributed by atoms with Crippen molar-refractivity contribution in [2.24, 2.45) is 0 Å². The Hall–Kier alpha value is -3.38. The summed E-state index contributed by atoms with van der Waals surface area (Å²) in [5.41, 5.74) is 3.13. The molecule has 6 heteroatoms. The fraction of sp³-hybridized carbons (Fsp3) is 0.308. The number of allylic oxidation sites excluding steroid dienone is 1. The highest BCUT2D eigenvalue weighted by Crippen LogP contribution is 2.33. The number of carbonyl (C=O) groups excluding carboxylic acids is 2. The molecule has 0 unspecified atom stereocenters. The van der Waals surface area contributed by atoms with Gasteiger partial charge in [-0.15, -0.1) is 0 Å². The van der Waals surface area contributed by atoms with Crippen LogP contribution in [0.1, 0.15) is 30.9 Å². The number of rotatable bonds is 7. The van der Waals surface area contributed by atoms with Gasteiger partial charge in [-0.3, -0.25) is 4.79 Å². The smallest absolute Gasteiger partial charge is 0.340 e. The lowest BCUT2D eigenvalue weighted by atomic mass is 10.0. The predicted molar refractivity (Wildman–Crippen MR) is 121 cm³/mol. The van der Waals surface area contributed by atoms with E-state index in [0.717, 1.165) is 29.7 Å². The third-order valence-electron chi connectivity index (χ3n) is 5.75. The van der Waals surface area contributed by atoms with Gasteiger partial charge in [0.25, 0.3) is 5.91 Å². The number of hydrogen-bond donors (Lipinski definition) is 0. The molecule has 1 fully saturated rings. The third kappa shape index (κ3) is 4.75. The molecule has 1 atom stereocenters. The Labute approximate surface area is 188 Å². The Bertz CT molecular complexity index is 1030. The summed E-state index contributed by atoms with van der Waals surface area (Å²) in [6, 6.07) is 17.4. The van der Waals surface area contributed by atoms with E-state index in [0.29, 0.717) is 36.6 Å². The lowest BCUT2D eigenvalue weighted by molar-refractivity contribution is -0.136. The van der Waals surface area contributed by atoms with E-state index in [1.54, 1.807) is 17.9 Å². The van der Waals surface area contributed by atoms with Crippen LogP contribution in [0.15, 0.2) is 71.4 Å². The van der Waals surface area contributed by atoms with E-state index in [2.05, 4.69) is 0 Å². The number of ether oxygens (including phenoxy) is 3. The van der Waals surface area contributed by atoms with Gasteiger partial charge in [-0.2, -0.15) is 0 Å². The van der Waals surface area contributed by atoms with Gasteiger partial charge in [0.05, 0.1) is 30.9 Å². The van der Waals surface area contributed by atoms with E-state index >= 15 is 0 Å². The summed E-state index contributed by atoms with van der Waals surface area (Å²) in [5.74, 6) is 0.0104. The molecule has 0 bridgehead atoms. The first-order valence-electron chi connectivity index (χ1n) is 10.8. The minimum absolute atomic E-state index is 0.00630. The minimum atomic E-state index is -0.514. The molecule has 0 aliphatic carbocycles. The predicted octanol–water partition coefficient (Wildman–Crippen LogP) is 4.12. The molecule has 0 N–H and O–H groups in total. The Balaban J connectivity index is 1.52. The second-order valence-corrected chi connectivity index (χ2v) is 7.90. The maximum Gasteiger partial charge on any atom is 0.340 e. The molecular formula is C26H27NO5. The molecule has 0 radical (unpaired) electrons. The molecular weight excluding hydrogens is 406 g/mol. The average molecular weight is 434 g/mol. The van der Waals surface area contributed by atoms with Gasteiger partial charge in [-0.05, 0) is 49.1 Å². The number of esters is 1. The van der Waals surface area contributed by atoms with Gasteiger partial charge < -0.3 is 19.1 Å². The van der Waals surface area contributed by atoms with Gasteiger partial charge in [-0.25, -0.2) is 4.79 Å². The van der Waals surface area contributed by atoms with E-state index in [1.165, 1.54) is 7.11 Å². The first kappa shape index (κ1) is 21.8. The monoisotopic (exact) mass is 433 g/mol. The third-order valence-corrected chi connectivity index (χ3v) is 5.75. The Morgan fingerprint density at radius 1 is 1.16 bits per heavy atom. The second kappa shape index (κ2) is 9.83. The molecule has 6 nitrogen and oxygen atoms in total. The normalized spacial score (nSPS) is 19.7. The van der Waals surface area contributed by atoms with Crippen molar-refractivity contribution in [3.05, 3.63) is 82.6 Å². The molecule has 2 aliphatic heterocycles. The summed E-state index contributed by atoms with van der Waals surface area (Å²) >= 11 is 0. The second-order valence-electron chi connectivity index (χ2n) is 7.90. The molecule has 1 amide bonds. The van der Waals surface area contributed by atoms with E-state index in [9.17, 15) is 9.59 Å². The highest BCUT2D eigenvalue weighted by atomic mass is 16.5. The Kier molecular flexibility index (Phi) is 6.71. The molecule has 2 heterocycles. The van der Waals surface area contributed by atoms with Crippen LogP contribution < -0.4 is 4.74 Å². The molecule has 2 aliphatic rings. The summed E-state index contributed by atoms with van der Waals surface area (Å²) in [7, 11) is 1.33. The van der Waals surface area contributed by atoms with Crippen molar-refractivity contribution in [1.29, 1.82) is 0 Å². The molecule has 0 saturated carbocycles. The van der Waals surface area contributed by atoms with Gasteiger partial charge in [0, 0.05) is 12.3 Å². The van der Waals surface area contributed by atoms with Crippen LogP contribution in [-0.4, -0.2) is 43.1 Å². The van der Waals surface area contributed by atoms with Crippen LogP contribution in [0.4, 0.5) is 0 Å². The highest BCUT2D eigenvalue weighted by molar-refractivity contribution is 6.16. The van der Waals surface area contributed by atoms with Crippen LogP contribution in [-0.2, 0) is 25.7 Å². The molecule has 2 aromatic carbocycles. The van der Waals surface area contributed by atoms with Crippen LogP contribution in [0.25, 0.3) is 6.08 Å². The van der Waals surface area contributed by atoms with E-state index in [-0.39, 0.29) is 12.0 Å². The van der Waals surface area contributed by atoms with Crippen LogP contribution in [0.5, 0.6) is 5.75 Å². The Morgan fingerprint density at radius 2 is 1.91 bits per heavy atom. The summed E-state index contributed by atoms with van der Waals surface area (Å²) in [5, 5.41) is 0. The number of benzene rings is 2. The quantitative estimate of drug-likeness (QED) is 0.486. The highest BCUT2D eigenvalue weighted by Gasteiger charge is 2.38. The number of carbonyl (C=O) groups is 2. The molecule has 166 valence electrons. The lowest BCUT2D eigenvalue weighted by Gasteiger charge is -2.21. The van der Waals surface area contributed by atoms with Gasteiger partial charge >= 0.3 is 5.97 Å². The summed E-state index contributed by atoms with van der Waals surface area (Å²) in [4.78, 5) is 27.3. The molecule has 0 spiro atoms. The number of hydrogen-bond acceptors (Lipinski definition) is 5. The van der Waals surface area contributed by atoms with Crippen molar-refractivity contribution in [3.8, 4) is 5.75 Å². The van der Waals surface area contributed by atoms with Gasteiger partial charge in [0.1, 0.15) is 12.4 Å². The number of amides is 1. The van der Waals surface area contributed by atoms with Gasteiger partial charge in [0.2, 0.25) is 0 Å². The fourth-order valence-corrected chi connectivity index (χ4v) is 4.01. The summed E-state index contributed by atoms with van der Waals surface area (Å²) < 4.78 is 16.5. The zero-order valence-corrected chi connectivity index (χ0v) is 18.4. The average Bonchev–Trinajstić information content (AvgIpc) is 3.42. The van der Waals surface area contributed by atoms with Crippen LogP contribution in [0.2, 0.25) is 0 Å². The largest absolute Gasteiger partial charge is 0.489 e. The first-order valence-corrected chi connectivity index (χ1v) is 10.8. The zero-order chi connectivity index (χ0) is 22.5. The van der Waals surface area contributed by atoms with Crippen molar-refractivity contribution < 1.29 is 23.8 Å². The van der Waals surface area contributed by atoms with Crippen molar-refractivity contribution in [1.82, 2.24) is 4.90 Å². The molecule has 4 rings (SSSR count). The SMILES string of the molecule is COC(=O)C1=C(C)N(C[C@H]2CCCO2)C(=O)/C1=C\c1ccc(OCc2ccccc2)cc1. The van der Waals surface area contributed by atoms with Crippen LogP contribution in [0.3, 0.4) is 0 Å². The lowest BCUT2D eigenvalue weighted by Crippen LogP contribution is -2.33. The van der Waals surface area contributed by atoms with Crippen molar-refractivity contribution >= 4 is 18.0 Å². The van der Waals surface area contributed by atoms with Crippen molar-refractivity contribution in [2.75, 3.05) is 20.3 Å². The molecule has 0 aromatic heterocycles. The van der Waals surface area contributed by atoms with Gasteiger partial charge in [0.15, 0.2) is 0 Å². The maximum absolute atomic E-state index is 13.2. The van der Waals surface area contributed by atoms with Crippen molar-refractivity contribution in [2.45, 2.75) is 32.5 Å². The molecule has 32 heavy (non-hydrogen) atoms. The summed E-state index contributed by atoms with van der Waals surface area (Å²) in [6.07, 6.45) is 3.62. The zero-order valence-electron chi connectivity index (χ0n) is 18.4. The molecule has 2 aromatic rings. The van der Waals surface area contributed by atoms with Gasteiger partial charge in [-0.1, -0.05) is 42.5 Å². The Morgan fingerprint density at radius 3 is 2.56 bits per heavy atom. The number of nitrogens with zero attached hydrogens (tertiary/aromatic N) is 1. The summed E-state index contributed by atoms with van der Waals surface area (Å²) in [6.45, 7) is 3.41. The topological polar surface area (TPSA) is 65.1 Å². The standard InChI is InChI=1S/C26H27NO5/c1-18-24(26(29)30-2)23(25(28)27(18)16-22-9-6-14-31-22)15-19-10-12-21(13-11-19)32-17-20-7-4-3-5-8-20/h3-5,7-8,10-13,15,22H,6,9,14,16-17H2,1-2H3/b23-15-/t22-/m1/s1.